The number of halogens is 1. The van der Waals surface area contributed by atoms with Crippen molar-refractivity contribution in [3.63, 3.8) is 0 Å². The predicted octanol–water partition coefficient (Wildman–Crippen LogP) is 3.31. The van der Waals surface area contributed by atoms with Crippen molar-refractivity contribution in [3.8, 4) is 11.5 Å². The predicted molar refractivity (Wildman–Crippen MR) is 156 cm³/mol. The van der Waals surface area contributed by atoms with Crippen molar-refractivity contribution in [1.82, 2.24) is 10.2 Å². The van der Waals surface area contributed by atoms with Crippen molar-refractivity contribution in [2.24, 2.45) is 5.92 Å². The van der Waals surface area contributed by atoms with E-state index in [1.54, 1.807) is 18.2 Å². The van der Waals surface area contributed by atoms with E-state index in [-0.39, 0.29) is 50.0 Å². The maximum absolute atomic E-state index is 13.7. The van der Waals surface area contributed by atoms with Gasteiger partial charge in [0, 0.05) is 31.0 Å². The van der Waals surface area contributed by atoms with E-state index in [0.717, 1.165) is 38.5 Å². The molecule has 1 aromatic rings. The molecule has 2 amide bonds. The van der Waals surface area contributed by atoms with Crippen LogP contribution in [0, 0.1) is 9.49 Å². The summed E-state index contributed by atoms with van der Waals surface area (Å²) in [6.45, 7) is 3.75. The number of nitrogens with zero attached hydrogens (tertiary/aromatic N) is 1. The molecule has 39 heavy (non-hydrogen) atoms. The SMILES string of the molecule is COc1cc(CO)cc(I)c1O[C@H]1C=C(C(=O)NCCO)C[C@@H](N(C(=O)CC(C)C)C2CCCCCC2)[C@@H]1O. The molecule has 2 aliphatic rings. The molecule has 2 aliphatic carbocycles. The van der Waals surface area contributed by atoms with Gasteiger partial charge in [-0.2, -0.15) is 0 Å². The first-order valence-electron chi connectivity index (χ1n) is 13.9. The van der Waals surface area contributed by atoms with Crippen LogP contribution in [0.4, 0.5) is 0 Å². The number of hydrogen-bond donors (Lipinski definition) is 4. The minimum Gasteiger partial charge on any atom is -0.493 e. The zero-order chi connectivity index (χ0) is 28.5. The molecule has 1 saturated carbocycles. The molecule has 3 rings (SSSR count). The average molecular weight is 659 g/mol. The normalized spacial score (nSPS) is 22.2. The summed E-state index contributed by atoms with van der Waals surface area (Å²) in [5.74, 6) is 0.565. The standard InChI is InChI=1S/C29H43IN2O7/c1-18(2)12-26(35)32(21-8-6-4-5-7-9-21)23-15-20(29(37)31-10-11-33)16-24(27(23)36)39-28-22(30)13-19(17-34)14-25(28)38-3/h13-14,16,18,21,23-24,27,33-34,36H,4-12,15,17H2,1-3H3,(H,31,37)/t23-,24+,27+/m1/s1. The van der Waals surface area contributed by atoms with Gasteiger partial charge in [0.1, 0.15) is 12.2 Å². The molecule has 218 valence electrons. The number of benzene rings is 1. The topological polar surface area (TPSA) is 129 Å². The van der Waals surface area contributed by atoms with Crippen LogP contribution in [-0.2, 0) is 16.2 Å². The molecule has 0 radical (unpaired) electrons. The average Bonchev–Trinajstić information content (AvgIpc) is 3.19. The highest BCUT2D eigenvalue weighted by atomic mass is 127. The van der Waals surface area contributed by atoms with Crippen LogP contribution >= 0.6 is 22.6 Å². The van der Waals surface area contributed by atoms with Crippen molar-refractivity contribution in [2.45, 2.75) is 96.1 Å². The minimum absolute atomic E-state index is 0.0163. The number of aliphatic hydroxyl groups is 3. The lowest BCUT2D eigenvalue weighted by atomic mass is 9.86. The van der Waals surface area contributed by atoms with Gasteiger partial charge >= 0.3 is 0 Å². The van der Waals surface area contributed by atoms with E-state index in [1.807, 2.05) is 18.7 Å². The van der Waals surface area contributed by atoms with E-state index >= 15 is 0 Å². The second kappa shape index (κ2) is 15.2. The van der Waals surface area contributed by atoms with E-state index in [2.05, 4.69) is 27.9 Å². The minimum atomic E-state index is -1.09. The van der Waals surface area contributed by atoms with Crippen LogP contribution in [0.1, 0.15) is 70.8 Å². The third-order valence-corrected chi connectivity index (χ3v) is 8.19. The molecule has 0 saturated heterocycles. The monoisotopic (exact) mass is 658 g/mol. The molecule has 1 fully saturated rings. The highest BCUT2D eigenvalue weighted by Crippen LogP contribution is 2.38. The number of amides is 2. The first-order valence-corrected chi connectivity index (χ1v) is 15.0. The van der Waals surface area contributed by atoms with Crippen LogP contribution in [0.2, 0.25) is 0 Å². The number of carbonyl (C=O) groups is 2. The number of nitrogens with one attached hydrogen (secondary N) is 1. The lowest BCUT2D eigenvalue weighted by molar-refractivity contribution is -0.143. The molecular formula is C29H43IN2O7. The summed E-state index contributed by atoms with van der Waals surface area (Å²) in [6.07, 6.45) is 6.16. The van der Waals surface area contributed by atoms with Gasteiger partial charge < -0.3 is 35.0 Å². The smallest absolute Gasteiger partial charge is 0.247 e. The molecule has 0 unspecified atom stereocenters. The summed E-state index contributed by atoms with van der Waals surface area (Å²) in [7, 11) is 1.50. The van der Waals surface area contributed by atoms with Crippen LogP contribution in [0.15, 0.2) is 23.8 Å². The number of aliphatic hydroxyl groups excluding tert-OH is 3. The van der Waals surface area contributed by atoms with Crippen molar-refractivity contribution < 1.29 is 34.4 Å². The van der Waals surface area contributed by atoms with Crippen molar-refractivity contribution in [1.29, 1.82) is 0 Å². The summed E-state index contributed by atoms with van der Waals surface area (Å²) < 4.78 is 12.6. The quantitative estimate of drug-likeness (QED) is 0.212. The highest BCUT2D eigenvalue weighted by molar-refractivity contribution is 14.1. The first-order chi connectivity index (χ1) is 18.7. The summed E-state index contributed by atoms with van der Waals surface area (Å²) in [5, 5.41) is 33.3. The van der Waals surface area contributed by atoms with E-state index in [9.17, 15) is 24.9 Å². The van der Waals surface area contributed by atoms with Gasteiger partial charge in [-0.15, -0.1) is 0 Å². The fourth-order valence-corrected chi connectivity index (χ4v) is 6.31. The Labute approximate surface area is 245 Å². The summed E-state index contributed by atoms with van der Waals surface area (Å²) in [5.41, 5.74) is 1.06. The molecule has 9 nitrogen and oxygen atoms in total. The Hall–Kier alpha value is -1.89. The number of hydrogen-bond acceptors (Lipinski definition) is 7. The van der Waals surface area contributed by atoms with Gasteiger partial charge in [0.15, 0.2) is 11.5 Å². The number of methoxy groups -OCH3 is 1. The van der Waals surface area contributed by atoms with Crippen LogP contribution in [0.5, 0.6) is 11.5 Å². The molecule has 0 aliphatic heterocycles. The Morgan fingerprint density at radius 1 is 1.15 bits per heavy atom. The Morgan fingerprint density at radius 2 is 1.85 bits per heavy atom. The second-order valence-electron chi connectivity index (χ2n) is 10.8. The maximum Gasteiger partial charge on any atom is 0.247 e. The summed E-state index contributed by atoms with van der Waals surface area (Å²) >= 11 is 2.09. The van der Waals surface area contributed by atoms with Crippen LogP contribution < -0.4 is 14.8 Å². The zero-order valence-electron chi connectivity index (χ0n) is 23.2. The van der Waals surface area contributed by atoms with Gasteiger partial charge in [-0.05, 0) is 65.1 Å². The molecule has 0 aromatic heterocycles. The Balaban J connectivity index is 2.03. The number of ether oxygens (including phenoxy) is 2. The largest absolute Gasteiger partial charge is 0.493 e. The second-order valence-corrected chi connectivity index (χ2v) is 12.0. The molecule has 0 heterocycles. The zero-order valence-corrected chi connectivity index (χ0v) is 25.4. The van der Waals surface area contributed by atoms with Gasteiger partial charge in [0.05, 0.1) is 29.9 Å². The van der Waals surface area contributed by atoms with Crippen molar-refractivity contribution >= 4 is 34.4 Å². The lowest BCUT2D eigenvalue weighted by Crippen LogP contribution is -2.58. The van der Waals surface area contributed by atoms with E-state index in [1.165, 1.54) is 7.11 Å². The number of carbonyl (C=O) groups excluding carboxylic acids is 2. The molecule has 1 aromatic carbocycles. The molecule has 10 heteroatoms. The fraction of sp³-hybridized carbons (Fsp3) is 0.655. The van der Waals surface area contributed by atoms with Gasteiger partial charge in [-0.3, -0.25) is 9.59 Å². The number of rotatable bonds is 11. The van der Waals surface area contributed by atoms with Crippen molar-refractivity contribution in [3.05, 3.63) is 32.9 Å². The third kappa shape index (κ3) is 8.31. The Morgan fingerprint density at radius 3 is 2.44 bits per heavy atom. The molecular weight excluding hydrogens is 615 g/mol. The Bertz CT molecular complexity index is 1010. The fourth-order valence-electron chi connectivity index (χ4n) is 5.51. The first kappa shape index (κ1) is 31.6. The van der Waals surface area contributed by atoms with E-state index in [4.69, 9.17) is 9.47 Å². The molecule has 0 spiro atoms. The Kier molecular flexibility index (Phi) is 12.3. The summed E-state index contributed by atoms with van der Waals surface area (Å²) in [6, 6.07) is 2.78. The maximum atomic E-state index is 13.7. The van der Waals surface area contributed by atoms with Gasteiger partial charge in [-0.25, -0.2) is 0 Å². The van der Waals surface area contributed by atoms with Gasteiger partial charge in [-0.1, -0.05) is 39.5 Å². The van der Waals surface area contributed by atoms with Crippen LogP contribution in [0.3, 0.4) is 0 Å². The van der Waals surface area contributed by atoms with E-state index in [0.29, 0.717) is 32.6 Å². The van der Waals surface area contributed by atoms with Crippen molar-refractivity contribution in [2.75, 3.05) is 20.3 Å². The van der Waals surface area contributed by atoms with Gasteiger partial charge in [0.2, 0.25) is 11.8 Å². The summed E-state index contributed by atoms with van der Waals surface area (Å²) in [4.78, 5) is 28.7. The van der Waals surface area contributed by atoms with Gasteiger partial charge in [0.25, 0.3) is 0 Å². The molecule has 3 atom stereocenters. The van der Waals surface area contributed by atoms with Crippen LogP contribution in [-0.4, -0.2) is 76.6 Å². The molecule has 0 bridgehead atoms. The highest BCUT2D eigenvalue weighted by Gasteiger charge is 2.43. The lowest BCUT2D eigenvalue weighted by Gasteiger charge is -2.44. The van der Waals surface area contributed by atoms with E-state index < -0.39 is 18.2 Å². The third-order valence-electron chi connectivity index (χ3n) is 7.39. The molecule has 4 N–H and O–H groups in total. The van der Waals surface area contributed by atoms with Crippen LogP contribution in [0.25, 0.3) is 0 Å².